The quantitative estimate of drug-likeness (QED) is 0.820. The lowest BCUT2D eigenvalue weighted by Gasteiger charge is -2.33. The molecular formula is C21H26N3O+. The number of carbonyl (C=O) groups excluding carboxylic acids is 1. The summed E-state index contributed by atoms with van der Waals surface area (Å²) in [5, 5.41) is 2.91. The molecule has 0 bridgehead atoms. The molecule has 4 heteroatoms. The second kappa shape index (κ2) is 8.49. The van der Waals surface area contributed by atoms with Crippen LogP contribution >= 0.6 is 0 Å². The molecule has 130 valence electrons. The lowest BCUT2D eigenvalue weighted by molar-refractivity contribution is -0.898. The van der Waals surface area contributed by atoms with Gasteiger partial charge < -0.3 is 15.1 Å². The highest BCUT2D eigenvalue weighted by atomic mass is 16.1. The first-order valence-electron chi connectivity index (χ1n) is 8.97. The first-order chi connectivity index (χ1) is 12.2. The van der Waals surface area contributed by atoms with Crippen molar-refractivity contribution >= 4 is 23.4 Å². The number of likely N-dealkylation sites (N-methyl/N-ethyl adjacent to an activating group) is 1. The molecule has 1 saturated heterocycles. The van der Waals surface area contributed by atoms with E-state index in [4.69, 9.17) is 0 Å². The van der Waals surface area contributed by atoms with E-state index in [1.54, 1.807) is 11.0 Å². The molecule has 1 heterocycles. The summed E-state index contributed by atoms with van der Waals surface area (Å²) in [4.78, 5) is 16.1. The van der Waals surface area contributed by atoms with Gasteiger partial charge in [0.15, 0.2) is 0 Å². The number of anilines is 2. The van der Waals surface area contributed by atoms with Crippen LogP contribution in [0.3, 0.4) is 0 Å². The van der Waals surface area contributed by atoms with Gasteiger partial charge in [0.05, 0.1) is 32.7 Å². The average Bonchev–Trinajstić information content (AvgIpc) is 2.68. The molecule has 0 radical (unpaired) electrons. The van der Waals surface area contributed by atoms with Crippen molar-refractivity contribution in [3.63, 3.8) is 0 Å². The Balaban J connectivity index is 1.54. The number of hydrogen-bond acceptors (Lipinski definition) is 2. The second-order valence-corrected chi connectivity index (χ2v) is 6.37. The summed E-state index contributed by atoms with van der Waals surface area (Å²) in [5.41, 5.74) is 3.07. The zero-order valence-corrected chi connectivity index (χ0v) is 14.7. The molecule has 1 aliphatic rings. The third-order valence-corrected chi connectivity index (χ3v) is 4.70. The maximum Gasteiger partial charge on any atom is 0.248 e. The highest BCUT2D eigenvalue weighted by molar-refractivity contribution is 6.02. The first kappa shape index (κ1) is 17.2. The summed E-state index contributed by atoms with van der Waals surface area (Å²) in [6.45, 7) is 8.02. The normalized spacial score (nSPS) is 15.5. The van der Waals surface area contributed by atoms with Crippen LogP contribution in [0.5, 0.6) is 0 Å². The van der Waals surface area contributed by atoms with E-state index in [2.05, 4.69) is 29.3 Å². The Hall–Kier alpha value is -2.59. The van der Waals surface area contributed by atoms with Crippen molar-refractivity contribution < 1.29 is 9.69 Å². The summed E-state index contributed by atoms with van der Waals surface area (Å²) in [6.07, 6.45) is 3.38. The highest BCUT2D eigenvalue weighted by Gasteiger charge is 2.18. The van der Waals surface area contributed by atoms with Gasteiger partial charge in [0, 0.05) is 17.5 Å². The number of hydrogen-bond donors (Lipinski definition) is 2. The van der Waals surface area contributed by atoms with Crippen LogP contribution in [-0.2, 0) is 4.79 Å². The average molecular weight is 336 g/mol. The van der Waals surface area contributed by atoms with Crippen LogP contribution < -0.4 is 15.1 Å². The van der Waals surface area contributed by atoms with Crippen LogP contribution in [0, 0.1) is 0 Å². The van der Waals surface area contributed by atoms with Gasteiger partial charge in [-0.2, -0.15) is 0 Å². The molecule has 2 aromatic carbocycles. The number of benzene rings is 2. The lowest BCUT2D eigenvalue weighted by Crippen LogP contribution is -3.14. The monoisotopic (exact) mass is 336 g/mol. The number of amides is 1. The summed E-state index contributed by atoms with van der Waals surface area (Å²) in [6, 6.07) is 17.9. The van der Waals surface area contributed by atoms with Crippen molar-refractivity contribution in [2.24, 2.45) is 0 Å². The van der Waals surface area contributed by atoms with Crippen LogP contribution in [0.15, 0.2) is 60.7 Å². The summed E-state index contributed by atoms with van der Waals surface area (Å²) in [7, 11) is 0. The third-order valence-electron chi connectivity index (χ3n) is 4.70. The Morgan fingerprint density at radius 3 is 2.40 bits per heavy atom. The molecule has 0 aromatic heterocycles. The predicted octanol–water partition coefficient (Wildman–Crippen LogP) is 2.06. The number of piperazine rings is 1. The summed E-state index contributed by atoms with van der Waals surface area (Å²) in [5.74, 6) is -0.114. The Kier molecular flexibility index (Phi) is 5.86. The largest absolute Gasteiger partial charge is 0.360 e. The number of carbonyl (C=O) groups is 1. The number of rotatable bonds is 5. The standard InChI is InChI=1S/C21H25N3O/c1-2-23-14-16-24(17-15-23)20-11-9-19(10-12-20)22-21(25)13-8-18-6-4-3-5-7-18/h3-13H,2,14-17H2,1H3,(H,22,25)/p+1/b13-8+. The minimum absolute atomic E-state index is 0.114. The van der Waals surface area contributed by atoms with Gasteiger partial charge in [0.2, 0.25) is 5.91 Å². The molecule has 0 unspecified atom stereocenters. The third kappa shape index (κ3) is 4.94. The van der Waals surface area contributed by atoms with E-state index in [0.717, 1.165) is 24.3 Å². The van der Waals surface area contributed by atoms with Gasteiger partial charge in [-0.05, 0) is 42.8 Å². The summed E-state index contributed by atoms with van der Waals surface area (Å²) >= 11 is 0. The molecule has 1 amide bonds. The Labute approximate surface area is 149 Å². The topological polar surface area (TPSA) is 36.8 Å². The fourth-order valence-corrected chi connectivity index (χ4v) is 3.11. The van der Waals surface area contributed by atoms with Crippen molar-refractivity contribution in [1.29, 1.82) is 0 Å². The van der Waals surface area contributed by atoms with Crippen molar-refractivity contribution in [3.05, 3.63) is 66.2 Å². The van der Waals surface area contributed by atoms with Gasteiger partial charge in [0.1, 0.15) is 0 Å². The Bertz CT molecular complexity index is 702. The molecule has 1 fully saturated rings. The number of nitrogens with zero attached hydrogens (tertiary/aromatic N) is 1. The maximum atomic E-state index is 12.0. The predicted molar refractivity (Wildman–Crippen MR) is 104 cm³/mol. The van der Waals surface area contributed by atoms with E-state index >= 15 is 0 Å². The first-order valence-corrected chi connectivity index (χ1v) is 8.97. The zero-order chi connectivity index (χ0) is 17.5. The minimum atomic E-state index is -0.114. The smallest absolute Gasteiger partial charge is 0.248 e. The van der Waals surface area contributed by atoms with Crippen LogP contribution in [-0.4, -0.2) is 38.6 Å². The van der Waals surface area contributed by atoms with Gasteiger partial charge in [-0.1, -0.05) is 30.3 Å². The molecule has 2 N–H and O–H groups in total. The lowest BCUT2D eigenvalue weighted by atomic mass is 10.2. The van der Waals surface area contributed by atoms with Gasteiger partial charge >= 0.3 is 0 Å². The number of quaternary nitrogens is 1. The molecule has 1 aliphatic heterocycles. The molecule has 0 saturated carbocycles. The van der Waals surface area contributed by atoms with E-state index in [1.165, 1.54) is 25.3 Å². The van der Waals surface area contributed by atoms with Gasteiger partial charge in [-0.25, -0.2) is 0 Å². The van der Waals surface area contributed by atoms with E-state index in [-0.39, 0.29) is 5.91 Å². The van der Waals surface area contributed by atoms with Crippen LogP contribution in [0.4, 0.5) is 11.4 Å². The van der Waals surface area contributed by atoms with Crippen molar-refractivity contribution in [1.82, 2.24) is 0 Å². The molecule has 25 heavy (non-hydrogen) atoms. The van der Waals surface area contributed by atoms with E-state index in [0.29, 0.717) is 0 Å². The molecule has 0 aliphatic carbocycles. The SMILES string of the molecule is CC[NH+]1CCN(c2ccc(NC(=O)/C=C/c3ccccc3)cc2)CC1. The summed E-state index contributed by atoms with van der Waals surface area (Å²) < 4.78 is 0. The van der Waals surface area contributed by atoms with Crippen LogP contribution in [0.2, 0.25) is 0 Å². The van der Waals surface area contributed by atoms with E-state index < -0.39 is 0 Å². The minimum Gasteiger partial charge on any atom is -0.360 e. The Morgan fingerprint density at radius 1 is 1.08 bits per heavy atom. The molecule has 0 atom stereocenters. The fraction of sp³-hybridized carbons (Fsp3) is 0.286. The van der Waals surface area contributed by atoms with Gasteiger partial charge in [0.25, 0.3) is 0 Å². The van der Waals surface area contributed by atoms with Crippen molar-refractivity contribution in [3.8, 4) is 0 Å². The van der Waals surface area contributed by atoms with Crippen LogP contribution in [0.25, 0.3) is 6.08 Å². The highest BCUT2D eigenvalue weighted by Crippen LogP contribution is 2.18. The second-order valence-electron chi connectivity index (χ2n) is 6.37. The molecule has 3 rings (SSSR count). The number of nitrogens with one attached hydrogen (secondary N) is 2. The van der Waals surface area contributed by atoms with E-state index in [9.17, 15) is 4.79 Å². The maximum absolute atomic E-state index is 12.0. The van der Waals surface area contributed by atoms with Crippen molar-refractivity contribution in [2.75, 3.05) is 42.9 Å². The van der Waals surface area contributed by atoms with Gasteiger partial charge in [-0.3, -0.25) is 4.79 Å². The van der Waals surface area contributed by atoms with Crippen molar-refractivity contribution in [2.45, 2.75) is 6.92 Å². The van der Waals surface area contributed by atoms with E-state index in [1.807, 2.05) is 48.5 Å². The van der Waals surface area contributed by atoms with Crippen LogP contribution in [0.1, 0.15) is 12.5 Å². The fourth-order valence-electron chi connectivity index (χ4n) is 3.11. The van der Waals surface area contributed by atoms with Gasteiger partial charge in [-0.15, -0.1) is 0 Å². The zero-order valence-electron chi connectivity index (χ0n) is 14.7. The Morgan fingerprint density at radius 2 is 1.76 bits per heavy atom. The molecule has 0 spiro atoms. The molecule has 2 aromatic rings. The molecular weight excluding hydrogens is 310 g/mol. The molecule has 4 nitrogen and oxygen atoms in total.